The summed E-state index contributed by atoms with van der Waals surface area (Å²) < 4.78 is 16.0. The zero-order chi connectivity index (χ0) is 16.8. The number of benzene rings is 1. The Balaban J connectivity index is 2.59. The van der Waals surface area contributed by atoms with Crippen molar-refractivity contribution in [3.8, 4) is 11.5 Å². The Morgan fingerprint density at radius 2 is 2.09 bits per heavy atom. The number of nitrogen functional groups attached to an aromatic ring is 1. The van der Waals surface area contributed by atoms with Crippen LogP contribution >= 0.6 is 0 Å². The number of ether oxygens (including phenoxy) is 3. The largest absolute Gasteiger partial charge is 0.497 e. The zero-order valence-corrected chi connectivity index (χ0v) is 13.4. The summed E-state index contributed by atoms with van der Waals surface area (Å²) >= 11 is 0. The first kappa shape index (κ1) is 18.1. The minimum atomic E-state index is -1.03. The molecule has 1 unspecified atom stereocenters. The van der Waals surface area contributed by atoms with E-state index >= 15 is 0 Å². The van der Waals surface area contributed by atoms with Gasteiger partial charge in [-0.25, -0.2) is 0 Å². The first-order valence-corrected chi connectivity index (χ1v) is 6.89. The number of nitrogens with one attached hydrogen (secondary N) is 1. The molecule has 0 aliphatic heterocycles. The van der Waals surface area contributed by atoms with Gasteiger partial charge in [-0.05, 0) is 32.9 Å². The molecule has 0 fully saturated rings. The fraction of sp³-hybridized carbons (Fsp3) is 0.533. The van der Waals surface area contributed by atoms with Crippen LogP contribution in [0.5, 0.6) is 11.5 Å². The van der Waals surface area contributed by atoms with Gasteiger partial charge >= 0.3 is 5.97 Å². The molecule has 124 valence electrons. The lowest BCUT2D eigenvalue weighted by molar-refractivity contribution is -0.141. The van der Waals surface area contributed by atoms with Gasteiger partial charge in [-0.3, -0.25) is 10.1 Å². The molecule has 0 heterocycles. The van der Waals surface area contributed by atoms with Crippen molar-refractivity contribution in [1.29, 1.82) is 0 Å². The molecule has 0 aliphatic rings. The maximum atomic E-state index is 11.2. The Morgan fingerprint density at radius 3 is 2.64 bits per heavy atom. The van der Waals surface area contributed by atoms with Crippen LogP contribution in [0.3, 0.4) is 0 Å². The average molecular weight is 312 g/mol. The Bertz CT molecular complexity index is 499. The first-order chi connectivity index (χ1) is 10.2. The molecule has 1 aromatic rings. The van der Waals surface area contributed by atoms with Crippen molar-refractivity contribution in [1.82, 2.24) is 5.32 Å². The highest BCUT2D eigenvalue weighted by molar-refractivity contribution is 5.73. The van der Waals surface area contributed by atoms with Crippen molar-refractivity contribution in [3.63, 3.8) is 0 Å². The van der Waals surface area contributed by atoms with E-state index in [0.29, 0.717) is 17.2 Å². The van der Waals surface area contributed by atoms with Gasteiger partial charge in [0.1, 0.15) is 24.1 Å². The second-order valence-corrected chi connectivity index (χ2v) is 5.71. The van der Waals surface area contributed by atoms with Gasteiger partial charge in [0, 0.05) is 6.07 Å². The molecule has 0 aliphatic carbocycles. The highest BCUT2D eigenvalue weighted by atomic mass is 16.5. The molecule has 7 nitrogen and oxygen atoms in total. The normalized spacial score (nSPS) is 12.7. The van der Waals surface area contributed by atoms with E-state index in [9.17, 15) is 9.90 Å². The lowest BCUT2D eigenvalue weighted by atomic mass is 10.2. The van der Waals surface area contributed by atoms with E-state index in [1.807, 2.05) is 20.8 Å². The van der Waals surface area contributed by atoms with Crippen molar-refractivity contribution in [2.24, 2.45) is 0 Å². The van der Waals surface area contributed by atoms with Crippen LogP contribution in [0.15, 0.2) is 18.2 Å². The van der Waals surface area contributed by atoms with Crippen molar-refractivity contribution in [3.05, 3.63) is 18.2 Å². The number of carboxylic acid groups (broad SMARTS) is 1. The smallest absolute Gasteiger partial charge is 0.324 e. The summed E-state index contributed by atoms with van der Waals surface area (Å²) in [6.07, 6.45) is 0. The molecule has 0 saturated heterocycles. The van der Waals surface area contributed by atoms with Crippen molar-refractivity contribution >= 4 is 11.7 Å². The molecule has 0 amide bonds. The van der Waals surface area contributed by atoms with Gasteiger partial charge in [-0.15, -0.1) is 0 Å². The third-order valence-corrected chi connectivity index (χ3v) is 2.76. The van der Waals surface area contributed by atoms with E-state index in [0.717, 1.165) is 0 Å². The van der Waals surface area contributed by atoms with Crippen molar-refractivity contribution in [2.45, 2.75) is 32.4 Å². The molecule has 22 heavy (non-hydrogen) atoms. The molecule has 1 atom stereocenters. The number of hydrogen-bond acceptors (Lipinski definition) is 6. The Kier molecular flexibility index (Phi) is 6.45. The molecule has 0 radical (unpaired) electrons. The van der Waals surface area contributed by atoms with E-state index in [1.165, 1.54) is 7.11 Å². The fourth-order valence-electron chi connectivity index (χ4n) is 1.52. The van der Waals surface area contributed by atoms with E-state index in [1.54, 1.807) is 18.2 Å². The SMILES string of the molecule is COc1ccc(N)c(OCC(NCOC(C)(C)C)C(=O)O)c1. The van der Waals surface area contributed by atoms with Gasteiger partial charge in [0.05, 0.1) is 25.1 Å². The Hall–Kier alpha value is -1.99. The molecule has 7 heteroatoms. The second kappa shape index (κ2) is 7.86. The number of carboxylic acids is 1. The molecule has 1 rings (SSSR count). The van der Waals surface area contributed by atoms with Crippen LogP contribution in [0, 0.1) is 0 Å². The number of aliphatic carboxylic acids is 1. The molecule has 4 N–H and O–H groups in total. The van der Waals surface area contributed by atoms with Gasteiger partial charge in [0.2, 0.25) is 0 Å². The molecule has 0 bridgehead atoms. The fourth-order valence-corrected chi connectivity index (χ4v) is 1.52. The van der Waals surface area contributed by atoms with Crippen LogP contribution in [-0.2, 0) is 9.53 Å². The predicted octanol–water partition coefficient (Wildman–Crippen LogP) is 1.47. The number of nitrogens with two attached hydrogens (primary N) is 1. The maximum Gasteiger partial charge on any atom is 0.324 e. The molecular formula is C15H24N2O5. The third-order valence-electron chi connectivity index (χ3n) is 2.76. The summed E-state index contributed by atoms with van der Waals surface area (Å²) in [7, 11) is 1.53. The number of hydrogen-bond donors (Lipinski definition) is 3. The second-order valence-electron chi connectivity index (χ2n) is 5.71. The number of rotatable bonds is 8. The topological polar surface area (TPSA) is 103 Å². The van der Waals surface area contributed by atoms with E-state index in [2.05, 4.69) is 5.32 Å². The van der Waals surface area contributed by atoms with E-state index in [4.69, 9.17) is 19.9 Å². The molecule has 0 saturated carbocycles. The summed E-state index contributed by atoms with van der Waals surface area (Å²) in [6.45, 7) is 5.69. The lowest BCUT2D eigenvalue weighted by Crippen LogP contribution is -2.44. The van der Waals surface area contributed by atoms with Gasteiger partial charge in [0.25, 0.3) is 0 Å². The number of anilines is 1. The highest BCUT2D eigenvalue weighted by Crippen LogP contribution is 2.26. The van der Waals surface area contributed by atoms with Crippen molar-refractivity contribution in [2.75, 3.05) is 26.2 Å². The van der Waals surface area contributed by atoms with Crippen LogP contribution in [-0.4, -0.2) is 43.2 Å². The van der Waals surface area contributed by atoms with Crippen LogP contribution in [0.25, 0.3) is 0 Å². The van der Waals surface area contributed by atoms with Gasteiger partial charge in [-0.2, -0.15) is 0 Å². The predicted molar refractivity (Wildman–Crippen MR) is 83.2 cm³/mol. The molecule has 0 aromatic heterocycles. The first-order valence-electron chi connectivity index (χ1n) is 6.89. The van der Waals surface area contributed by atoms with Crippen LogP contribution in [0.2, 0.25) is 0 Å². The number of carbonyl (C=O) groups is 1. The van der Waals surface area contributed by atoms with Crippen LogP contribution in [0.4, 0.5) is 5.69 Å². The highest BCUT2D eigenvalue weighted by Gasteiger charge is 2.20. The van der Waals surface area contributed by atoms with Crippen molar-refractivity contribution < 1.29 is 24.1 Å². The summed E-state index contributed by atoms with van der Waals surface area (Å²) in [5.74, 6) is -0.0665. The summed E-state index contributed by atoms with van der Waals surface area (Å²) in [4.78, 5) is 11.2. The summed E-state index contributed by atoms with van der Waals surface area (Å²) in [5, 5.41) is 12.0. The van der Waals surface area contributed by atoms with Crippen LogP contribution < -0.4 is 20.5 Å². The monoisotopic (exact) mass is 312 g/mol. The molecule has 0 spiro atoms. The third kappa shape index (κ3) is 6.19. The van der Waals surface area contributed by atoms with E-state index < -0.39 is 12.0 Å². The van der Waals surface area contributed by atoms with Gasteiger partial charge < -0.3 is 25.1 Å². The number of methoxy groups -OCH3 is 1. The quantitative estimate of drug-likeness (QED) is 0.493. The minimum Gasteiger partial charge on any atom is -0.497 e. The Morgan fingerprint density at radius 1 is 1.41 bits per heavy atom. The van der Waals surface area contributed by atoms with Gasteiger partial charge in [-0.1, -0.05) is 0 Å². The maximum absolute atomic E-state index is 11.2. The minimum absolute atomic E-state index is 0.0831. The standard InChI is InChI=1S/C15H24N2O5/c1-15(2,3)22-9-17-12(14(18)19)8-21-13-7-10(20-4)5-6-11(13)16/h5-7,12,17H,8-9,16H2,1-4H3,(H,18,19). The van der Waals surface area contributed by atoms with Crippen LogP contribution in [0.1, 0.15) is 20.8 Å². The molecule has 1 aromatic carbocycles. The lowest BCUT2D eigenvalue weighted by Gasteiger charge is -2.22. The van der Waals surface area contributed by atoms with E-state index in [-0.39, 0.29) is 18.9 Å². The summed E-state index contributed by atoms with van der Waals surface area (Å²) in [6, 6.07) is 4.04. The van der Waals surface area contributed by atoms with Gasteiger partial charge in [0.15, 0.2) is 0 Å². The average Bonchev–Trinajstić information content (AvgIpc) is 2.42. The molecular weight excluding hydrogens is 288 g/mol. The summed E-state index contributed by atoms with van der Waals surface area (Å²) in [5.41, 5.74) is 5.85. The Labute approximate surface area is 130 Å². The zero-order valence-electron chi connectivity index (χ0n) is 13.4.